The predicted octanol–water partition coefficient (Wildman–Crippen LogP) is 6.15. The van der Waals surface area contributed by atoms with E-state index in [2.05, 4.69) is 61.5 Å². The van der Waals surface area contributed by atoms with Gasteiger partial charge in [0, 0.05) is 30.6 Å². The number of anilines is 1. The summed E-state index contributed by atoms with van der Waals surface area (Å²) in [5.74, 6) is 0. The molecule has 0 amide bonds. The molecule has 0 aliphatic rings. The van der Waals surface area contributed by atoms with Crippen LogP contribution in [0.3, 0.4) is 0 Å². The fourth-order valence-electron chi connectivity index (χ4n) is 3.76. The van der Waals surface area contributed by atoms with Gasteiger partial charge in [-0.25, -0.2) is 0 Å². The fourth-order valence-corrected chi connectivity index (χ4v) is 4.47. The molecule has 156 valence electrons. The van der Waals surface area contributed by atoms with Crippen LogP contribution in [0.15, 0.2) is 102 Å². The third kappa shape index (κ3) is 4.38. The van der Waals surface area contributed by atoms with Crippen LogP contribution in [0.1, 0.15) is 0 Å². The second-order valence-corrected chi connectivity index (χ2v) is 8.93. The molecule has 4 nitrogen and oxygen atoms in total. The second-order valence-electron chi connectivity index (χ2n) is 7.54. The first-order valence-electron chi connectivity index (χ1n) is 9.89. The zero-order chi connectivity index (χ0) is 22.0. The third-order valence-electron chi connectivity index (χ3n) is 5.23. The Kier molecular flexibility index (Phi) is 5.63. The van der Waals surface area contributed by atoms with Gasteiger partial charge in [0.15, 0.2) is 0 Å². The molecule has 5 heteroatoms. The summed E-state index contributed by atoms with van der Waals surface area (Å²) in [6.07, 6.45) is 0. The molecule has 0 fully saturated rings. The SMILES string of the molecule is CN(C)c1cccc2ccccc12.O=S(=O)(O)c1cccc2cc3ccccc3cc12. The highest BCUT2D eigenvalue weighted by Gasteiger charge is 2.13. The van der Waals surface area contributed by atoms with Crippen LogP contribution in [0.4, 0.5) is 5.69 Å². The lowest BCUT2D eigenvalue weighted by Gasteiger charge is -2.14. The molecular formula is C26H23NO3S. The molecule has 1 N–H and O–H groups in total. The molecule has 0 saturated heterocycles. The Morgan fingerprint density at radius 2 is 1.16 bits per heavy atom. The number of nitrogens with zero attached hydrogens (tertiary/aromatic N) is 1. The van der Waals surface area contributed by atoms with Crippen molar-refractivity contribution in [2.75, 3.05) is 19.0 Å². The molecular weight excluding hydrogens is 406 g/mol. The Morgan fingerprint density at radius 1 is 0.613 bits per heavy atom. The van der Waals surface area contributed by atoms with E-state index in [1.807, 2.05) is 36.4 Å². The first-order chi connectivity index (χ1) is 14.8. The molecule has 0 aliphatic carbocycles. The summed E-state index contributed by atoms with van der Waals surface area (Å²) in [5, 5.41) is 5.94. The van der Waals surface area contributed by atoms with Crippen molar-refractivity contribution in [2.24, 2.45) is 0 Å². The van der Waals surface area contributed by atoms with E-state index in [1.54, 1.807) is 12.1 Å². The van der Waals surface area contributed by atoms with Crippen molar-refractivity contribution < 1.29 is 13.0 Å². The lowest BCUT2D eigenvalue weighted by molar-refractivity contribution is 0.484. The van der Waals surface area contributed by atoms with Crippen molar-refractivity contribution in [2.45, 2.75) is 4.90 Å². The summed E-state index contributed by atoms with van der Waals surface area (Å²) in [7, 11) is -0.0557. The Labute approximate surface area is 182 Å². The van der Waals surface area contributed by atoms with E-state index in [0.717, 1.165) is 16.2 Å². The number of fused-ring (bicyclic) bond motifs is 3. The maximum Gasteiger partial charge on any atom is 0.295 e. The van der Waals surface area contributed by atoms with Crippen LogP contribution in [0.2, 0.25) is 0 Å². The van der Waals surface area contributed by atoms with E-state index in [4.69, 9.17) is 0 Å². The van der Waals surface area contributed by atoms with E-state index in [0.29, 0.717) is 5.39 Å². The molecule has 0 saturated carbocycles. The number of rotatable bonds is 2. The molecule has 0 aliphatic heterocycles. The summed E-state index contributed by atoms with van der Waals surface area (Å²) in [4.78, 5) is 2.09. The minimum Gasteiger partial charge on any atom is -0.377 e. The highest BCUT2D eigenvalue weighted by molar-refractivity contribution is 7.86. The van der Waals surface area contributed by atoms with E-state index >= 15 is 0 Å². The van der Waals surface area contributed by atoms with Crippen LogP contribution >= 0.6 is 0 Å². The van der Waals surface area contributed by atoms with Gasteiger partial charge < -0.3 is 4.90 Å². The lowest BCUT2D eigenvalue weighted by Crippen LogP contribution is -2.08. The quantitative estimate of drug-likeness (QED) is 0.270. The van der Waals surface area contributed by atoms with Gasteiger partial charge in [0.05, 0.1) is 0 Å². The first-order valence-corrected chi connectivity index (χ1v) is 11.3. The molecule has 0 bridgehead atoms. The Hall–Kier alpha value is -3.41. The summed E-state index contributed by atoms with van der Waals surface area (Å²) >= 11 is 0. The van der Waals surface area contributed by atoms with Gasteiger partial charge in [-0.15, -0.1) is 0 Å². The average molecular weight is 430 g/mol. The monoisotopic (exact) mass is 429 g/mol. The zero-order valence-electron chi connectivity index (χ0n) is 17.4. The molecule has 0 atom stereocenters. The van der Waals surface area contributed by atoms with Gasteiger partial charge >= 0.3 is 0 Å². The highest BCUT2D eigenvalue weighted by atomic mass is 32.2. The van der Waals surface area contributed by atoms with Crippen LogP contribution in [0, 0.1) is 0 Å². The maximum atomic E-state index is 11.3. The van der Waals surface area contributed by atoms with Crippen molar-refractivity contribution in [1.29, 1.82) is 0 Å². The minimum absolute atomic E-state index is 0.0502. The molecule has 31 heavy (non-hydrogen) atoms. The van der Waals surface area contributed by atoms with Crippen molar-refractivity contribution in [3.63, 3.8) is 0 Å². The smallest absolute Gasteiger partial charge is 0.295 e. The van der Waals surface area contributed by atoms with Crippen molar-refractivity contribution in [3.8, 4) is 0 Å². The van der Waals surface area contributed by atoms with E-state index in [9.17, 15) is 13.0 Å². The van der Waals surface area contributed by atoms with Gasteiger partial charge in [0.1, 0.15) is 4.90 Å². The normalized spacial score (nSPS) is 11.3. The van der Waals surface area contributed by atoms with E-state index in [1.165, 1.54) is 22.5 Å². The standard InChI is InChI=1S/C14H10O3S.C12H13N/c15-18(16,17)14-7-3-6-12-8-10-4-1-2-5-11(10)9-13(12)14;1-13(2)12-9-5-7-10-6-3-4-8-11(10)12/h1-9H,(H,15,16,17);3-9H,1-2H3. The molecule has 0 aromatic heterocycles. The summed E-state index contributed by atoms with van der Waals surface area (Å²) < 4.78 is 31.9. The zero-order valence-corrected chi connectivity index (χ0v) is 18.2. The molecule has 0 radical (unpaired) electrons. The van der Waals surface area contributed by atoms with Crippen LogP contribution < -0.4 is 4.90 Å². The van der Waals surface area contributed by atoms with Gasteiger partial charge in [-0.1, -0.05) is 72.8 Å². The Bertz CT molecular complexity index is 1490. The van der Waals surface area contributed by atoms with Crippen molar-refractivity contribution in [1.82, 2.24) is 0 Å². The molecule has 5 rings (SSSR count). The number of benzene rings is 5. The van der Waals surface area contributed by atoms with Crippen LogP contribution in [-0.4, -0.2) is 27.1 Å². The third-order valence-corrected chi connectivity index (χ3v) is 6.14. The average Bonchev–Trinajstić information content (AvgIpc) is 2.76. The molecule has 0 spiro atoms. The molecule has 5 aromatic rings. The number of hydrogen-bond donors (Lipinski definition) is 1. The van der Waals surface area contributed by atoms with Gasteiger partial charge in [-0.05, 0) is 45.8 Å². The second kappa shape index (κ2) is 8.38. The molecule has 0 heterocycles. The van der Waals surface area contributed by atoms with Gasteiger partial charge in [-0.3, -0.25) is 4.55 Å². The van der Waals surface area contributed by atoms with Crippen molar-refractivity contribution in [3.05, 3.63) is 97.1 Å². The number of hydrogen-bond acceptors (Lipinski definition) is 3. The summed E-state index contributed by atoms with van der Waals surface area (Å²) in [6, 6.07) is 31.1. The fraction of sp³-hybridized carbons (Fsp3) is 0.0769. The molecule has 5 aromatic carbocycles. The van der Waals surface area contributed by atoms with Gasteiger partial charge in [0.25, 0.3) is 10.1 Å². The van der Waals surface area contributed by atoms with Crippen molar-refractivity contribution >= 4 is 48.1 Å². The van der Waals surface area contributed by atoms with Crippen LogP contribution in [-0.2, 0) is 10.1 Å². The topological polar surface area (TPSA) is 57.6 Å². The largest absolute Gasteiger partial charge is 0.377 e. The maximum absolute atomic E-state index is 11.3. The minimum atomic E-state index is -4.20. The van der Waals surface area contributed by atoms with E-state index in [-0.39, 0.29) is 4.90 Å². The van der Waals surface area contributed by atoms with Gasteiger partial charge in [-0.2, -0.15) is 8.42 Å². The highest BCUT2D eigenvalue weighted by Crippen LogP contribution is 2.28. The molecule has 0 unspecified atom stereocenters. The lowest BCUT2D eigenvalue weighted by atomic mass is 10.0. The predicted molar refractivity (Wildman–Crippen MR) is 130 cm³/mol. The summed E-state index contributed by atoms with van der Waals surface area (Å²) in [5.41, 5.74) is 1.28. The van der Waals surface area contributed by atoms with E-state index < -0.39 is 10.1 Å². The Balaban J connectivity index is 0.000000158. The van der Waals surface area contributed by atoms with Crippen LogP contribution in [0.25, 0.3) is 32.3 Å². The van der Waals surface area contributed by atoms with Gasteiger partial charge in [0.2, 0.25) is 0 Å². The first kappa shape index (κ1) is 20.8. The Morgan fingerprint density at radius 3 is 1.84 bits per heavy atom. The summed E-state index contributed by atoms with van der Waals surface area (Å²) in [6.45, 7) is 0. The van der Waals surface area contributed by atoms with Crippen LogP contribution in [0.5, 0.6) is 0 Å².